The lowest BCUT2D eigenvalue weighted by Gasteiger charge is -2.47. The van der Waals surface area contributed by atoms with Crippen LogP contribution >= 0.6 is 0 Å². The van der Waals surface area contributed by atoms with Crippen molar-refractivity contribution in [1.29, 1.82) is 0 Å². The highest BCUT2D eigenvalue weighted by molar-refractivity contribution is 5.61. The minimum atomic E-state index is -2.53. The average Bonchev–Trinajstić information content (AvgIpc) is 3.28. The van der Waals surface area contributed by atoms with Gasteiger partial charge in [-0.05, 0) is 42.5 Å². The second kappa shape index (κ2) is 19.5. The monoisotopic (exact) mass is 970 g/mol. The lowest BCUT2D eigenvalue weighted by molar-refractivity contribution is -0.387. The molecule has 68 heavy (non-hydrogen) atoms. The fourth-order valence-corrected chi connectivity index (χ4v) is 8.11. The summed E-state index contributed by atoms with van der Waals surface area (Å²) in [6.07, 6.45) is -30.6. The van der Waals surface area contributed by atoms with Gasteiger partial charge >= 0.3 is 0 Å². The third-order valence-electron chi connectivity index (χ3n) is 11.4. The summed E-state index contributed by atoms with van der Waals surface area (Å²) in [7, 11) is 0. The van der Waals surface area contributed by atoms with E-state index in [9.17, 15) is 102 Å². The molecular formula is C41H46O27. The van der Waals surface area contributed by atoms with Crippen LogP contribution in [0.1, 0.15) is 65.3 Å². The first-order valence-electron chi connectivity index (χ1n) is 20.0. The van der Waals surface area contributed by atoms with Gasteiger partial charge in [-0.1, -0.05) is 0 Å². The van der Waals surface area contributed by atoms with Crippen molar-refractivity contribution in [2.45, 2.75) is 93.2 Å². The Morgan fingerprint density at radius 3 is 1.49 bits per heavy atom. The van der Waals surface area contributed by atoms with Crippen LogP contribution in [0.15, 0.2) is 42.5 Å². The number of aliphatic hydroxyl groups is 9. The number of phenols is 11. The predicted octanol–water partition coefficient (Wildman–Crippen LogP) is -1.77. The lowest BCUT2D eigenvalue weighted by Crippen LogP contribution is -2.63. The maximum atomic E-state index is 12.1. The highest BCUT2D eigenvalue weighted by Crippen LogP contribution is 2.54. The van der Waals surface area contributed by atoms with Crippen molar-refractivity contribution in [3.63, 3.8) is 0 Å². The zero-order chi connectivity index (χ0) is 49.8. The van der Waals surface area contributed by atoms with E-state index < -0.39 is 203 Å². The van der Waals surface area contributed by atoms with Crippen molar-refractivity contribution in [2.24, 2.45) is 5.92 Å². The molecule has 3 aliphatic rings. The summed E-state index contributed by atoms with van der Waals surface area (Å²) in [5, 5.41) is 214. The second-order valence-electron chi connectivity index (χ2n) is 15.8. The van der Waals surface area contributed by atoms with Crippen LogP contribution in [-0.2, 0) is 28.4 Å². The summed E-state index contributed by atoms with van der Waals surface area (Å²) in [6.45, 7) is -1.03. The van der Waals surface area contributed by atoms with Crippen molar-refractivity contribution < 1.29 is 135 Å². The van der Waals surface area contributed by atoms with Gasteiger partial charge in [-0.25, -0.2) is 0 Å². The zero-order valence-corrected chi connectivity index (χ0v) is 34.4. The van der Waals surface area contributed by atoms with Gasteiger partial charge in [0, 0.05) is 46.1 Å². The summed E-state index contributed by atoms with van der Waals surface area (Å²) < 4.78 is 40.9. The Morgan fingerprint density at radius 2 is 0.985 bits per heavy atom. The van der Waals surface area contributed by atoms with E-state index in [4.69, 9.17) is 33.2 Å². The Balaban J connectivity index is 1.42. The van der Waals surface area contributed by atoms with E-state index in [-0.39, 0.29) is 0 Å². The van der Waals surface area contributed by atoms with Gasteiger partial charge in [-0.3, -0.25) is 0 Å². The highest BCUT2D eigenvalue weighted by atomic mass is 16.8. The molecule has 1 saturated heterocycles. The third-order valence-corrected chi connectivity index (χ3v) is 11.4. The lowest BCUT2D eigenvalue weighted by atomic mass is 9.75. The standard InChI is InChI=1S/C41H46O27/c42-15-1-10(2-16(43)26(15)51)35(56)62-9-22-31-33(66-36(57)11-3-17(44)27(52)18(45)4-11)34(41(63-22)68-37(58)12-5-19(46)28(53)20(47)6-12)67-38(59)13-7-21(48)29(54)32-25(13)24(30(55)40(61)65-32)14(8-23(49)50)39(60)64-31/h1-7,14,22-24,30-31,33-61H,8-9H2/t14?,22?,24?,30?,31?,33-,34-,35-,36-,37+,38?,39+,40+,41?/m0/s1. The zero-order valence-electron chi connectivity index (χ0n) is 34.4. The number of ether oxygens (including phenoxy) is 7. The van der Waals surface area contributed by atoms with E-state index in [1.807, 2.05) is 0 Å². The molecule has 4 aromatic rings. The second-order valence-corrected chi connectivity index (χ2v) is 15.8. The van der Waals surface area contributed by atoms with Crippen LogP contribution in [0.5, 0.6) is 69.0 Å². The molecule has 1 fully saturated rings. The van der Waals surface area contributed by atoms with Gasteiger partial charge in [0.1, 0.15) is 30.5 Å². The average molecular weight is 971 g/mol. The van der Waals surface area contributed by atoms with Crippen molar-refractivity contribution in [1.82, 2.24) is 0 Å². The Bertz CT molecular complexity index is 2400. The summed E-state index contributed by atoms with van der Waals surface area (Å²) in [5.74, 6) is -15.6. The maximum Gasteiger partial charge on any atom is 0.224 e. The number of hydrogen-bond acceptors (Lipinski definition) is 27. The van der Waals surface area contributed by atoms with Gasteiger partial charge < -0.3 is 135 Å². The first-order valence-corrected chi connectivity index (χ1v) is 20.0. The number of rotatable bonds is 12. The highest BCUT2D eigenvalue weighted by Gasteiger charge is 2.56. The molecule has 2 bridgehead atoms. The molecule has 27 nitrogen and oxygen atoms in total. The molecule has 7 rings (SSSR count). The molecule has 0 spiro atoms. The molecular weight excluding hydrogens is 924 g/mol. The van der Waals surface area contributed by atoms with E-state index in [0.29, 0.717) is 18.2 Å². The van der Waals surface area contributed by atoms with E-state index >= 15 is 0 Å². The molecule has 0 aromatic heterocycles. The van der Waals surface area contributed by atoms with Crippen LogP contribution in [0, 0.1) is 5.92 Å². The molecule has 0 aliphatic carbocycles. The number of aromatic hydroxyl groups is 11. The van der Waals surface area contributed by atoms with Gasteiger partial charge in [0.2, 0.25) is 12.0 Å². The first kappa shape index (κ1) is 49.8. The largest absolute Gasteiger partial charge is 0.504 e. The maximum absolute atomic E-state index is 12.1. The molecule has 3 aliphatic heterocycles. The smallest absolute Gasteiger partial charge is 0.224 e. The molecule has 7 unspecified atom stereocenters. The minimum Gasteiger partial charge on any atom is -0.504 e. The van der Waals surface area contributed by atoms with E-state index in [1.54, 1.807) is 0 Å². The van der Waals surface area contributed by atoms with Gasteiger partial charge in [0.25, 0.3) is 0 Å². The van der Waals surface area contributed by atoms with Gasteiger partial charge in [0.05, 0.1) is 6.61 Å². The third kappa shape index (κ3) is 9.62. The van der Waals surface area contributed by atoms with Crippen molar-refractivity contribution in [3.05, 3.63) is 70.3 Å². The number of phenolic OH excluding ortho intramolecular Hbond substituents is 11. The van der Waals surface area contributed by atoms with Crippen molar-refractivity contribution in [2.75, 3.05) is 6.61 Å². The van der Waals surface area contributed by atoms with E-state index in [1.165, 1.54) is 0 Å². The SMILES string of the molecule is Oc1cc([C@H](O)OC2OC(CO[C@H](O)c3cc(O)c(O)c(O)c3)C3O[C@@H](O)C(CC(O)O)C4c5c(cc(O)c(O)c5O[C@@H](O)C4O)C(O)O[C@H]2[C@H]3O[C@H](O)c2cc(O)c(O)c(O)c2)cc(O)c1O. The number of aliphatic hydroxyl groups excluding tert-OH is 8. The Labute approximate surface area is 379 Å². The topological polar surface area (TPSA) is 469 Å². The fourth-order valence-electron chi connectivity index (χ4n) is 8.11. The van der Waals surface area contributed by atoms with Crippen LogP contribution in [-0.4, -0.2) is 164 Å². The van der Waals surface area contributed by atoms with E-state index in [2.05, 4.69) is 0 Å². The molecule has 27 heteroatoms. The Morgan fingerprint density at radius 1 is 0.515 bits per heavy atom. The Kier molecular flexibility index (Phi) is 14.3. The summed E-state index contributed by atoms with van der Waals surface area (Å²) in [5.41, 5.74) is -2.64. The molecule has 372 valence electrons. The van der Waals surface area contributed by atoms with Gasteiger partial charge in [-0.15, -0.1) is 0 Å². The molecule has 3 heterocycles. The van der Waals surface area contributed by atoms with Crippen molar-refractivity contribution in [3.8, 4) is 69.0 Å². The van der Waals surface area contributed by atoms with Crippen LogP contribution in [0.25, 0.3) is 0 Å². The minimum absolute atomic E-state index is 0.407. The summed E-state index contributed by atoms with van der Waals surface area (Å²) in [6, 6.07) is 5.09. The molecule has 0 amide bonds. The van der Waals surface area contributed by atoms with Crippen LogP contribution in [0.3, 0.4) is 0 Å². The fraction of sp³-hybridized carbons (Fsp3) is 0.415. The van der Waals surface area contributed by atoms with Gasteiger partial charge in [0.15, 0.2) is 107 Å². The molecule has 0 radical (unpaired) electrons. The number of benzene rings is 4. The van der Waals surface area contributed by atoms with Crippen LogP contribution in [0.2, 0.25) is 0 Å². The molecule has 14 atom stereocenters. The van der Waals surface area contributed by atoms with Gasteiger partial charge in [-0.2, -0.15) is 0 Å². The van der Waals surface area contributed by atoms with Crippen LogP contribution in [0.4, 0.5) is 0 Å². The van der Waals surface area contributed by atoms with Crippen molar-refractivity contribution >= 4 is 0 Å². The van der Waals surface area contributed by atoms with E-state index in [0.717, 1.165) is 24.3 Å². The number of hydrogen-bond donors (Lipinski definition) is 20. The first-order chi connectivity index (χ1) is 32.0. The van der Waals surface area contributed by atoms with Crippen LogP contribution < -0.4 is 4.74 Å². The Hall–Kier alpha value is -6.12. The predicted molar refractivity (Wildman–Crippen MR) is 212 cm³/mol. The molecule has 4 aromatic carbocycles. The quantitative estimate of drug-likeness (QED) is 0.0552. The molecule has 20 N–H and O–H groups in total. The number of fused-ring (bicyclic) bond motifs is 2. The molecule has 0 saturated carbocycles. The summed E-state index contributed by atoms with van der Waals surface area (Å²) >= 11 is 0. The normalized spacial score (nSPS) is 28.5. The summed E-state index contributed by atoms with van der Waals surface area (Å²) in [4.78, 5) is 0.